The second kappa shape index (κ2) is 6.07. The Morgan fingerprint density at radius 3 is 2.35 bits per heavy atom. The van der Waals surface area contributed by atoms with Gasteiger partial charge in [-0.25, -0.2) is 0 Å². The summed E-state index contributed by atoms with van der Waals surface area (Å²) in [4.78, 5) is 0. The van der Waals surface area contributed by atoms with Gasteiger partial charge < -0.3 is 8.97 Å². The highest BCUT2D eigenvalue weighted by Gasteiger charge is 2.21. The number of rotatable bonds is 2. The molecule has 3 heterocycles. The topological polar surface area (TPSA) is 9.34 Å². The van der Waals surface area contributed by atoms with Gasteiger partial charge >= 0.3 is 0 Å². The van der Waals surface area contributed by atoms with E-state index in [2.05, 4.69) is 64.7 Å². The van der Waals surface area contributed by atoms with E-state index in [-0.39, 0.29) is 0 Å². The number of aromatic nitrogens is 2. The van der Waals surface area contributed by atoms with Gasteiger partial charge in [-0.05, 0) is 49.4 Å². The Balaban J connectivity index is 1.72. The lowest BCUT2D eigenvalue weighted by molar-refractivity contribution is 0.647. The average Bonchev–Trinajstić information content (AvgIpc) is 3.07. The van der Waals surface area contributed by atoms with E-state index >= 15 is 0 Å². The van der Waals surface area contributed by atoms with Gasteiger partial charge in [-0.2, -0.15) is 0 Å². The fraction of sp³-hybridized carbons (Fsp3) is 0.217. The van der Waals surface area contributed by atoms with Crippen LogP contribution in [0.25, 0.3) is 28.0 Å². The summed E-state index contributed by atoms with van der Waals surface area (Å²) < 4.78 is 4.81. The minimum Gasteiger partial charge on any atom is -0.325 e. The minimum absolute atomic E-state index is 0.783. The first-order valence-electron chi connectivity index (χ1n) is 9.27. The summed E-state index contributed by atoms with van der Waals surface area (Å²) in [6.07, 6.45) is 8.17. The van der Waals surface area contributed by atoms with Crippen LogP contribution in [0.4, 0.5) is 0 Å². The molecule has 26 heavy (non-hydrogen) atoms. The molecule has 5 rings (SSSR count). The summed E-state index contributed by atoms with van der Waals surface area (Å²) >= 11 is 6.08. The lowest BCUT2D eigenvalue weighted by Gasteiger charge is -2.08. The van der Waals surface area contributed by atoms with E-state index in [1.165, 1.54) is 52.0 Å². The third-order valence-electron chi connectivity index (χ3n) is 5.48. The smallest absolute Gasteiger partial charge is 0.121 e. The van der Waals surface area contributed by atoms with Crippen LogP contribution in [0.15, 0.2) is 60.9 Å². The third kappa shape index (κ3) is 2.48. The van der Waals surface area contributed by atoms with E-state index < -0.39 is 0 Å². The Bertz CT molecular complexity index is 997. The second-order valence-corrected chi connectivity index (χ2v) is 7.68. The maximum Gasteiger partial charge on any atom is 0.121 e. The summed E-state index contributed by atoms with van der Waals surface area (Å²) in [7, 11) is 0. The van der Waals surface area contributed by atoms with Crippen LogP contribution >= 0.6 is 11.6 Å². The number of imidazole rings is 1. The van der Waals surface area contributed by atoms with Crippen LogP contribution in [-0.2, 0) is 13.0 Å². The standard InChI is InChI=1S/C23H21ClN2/c1-16-5-7-17(8-6-16)21-14-25-15-22(18-9-11-19(24)12-10-18)26-13-3-2-4-20(21)23(25)26/h5-12,14-15H,2-4,13H2,1H3. The van der Waals surface area contributed by atoms with Crippen molar-refractivity contribution in [1.29, 1.82) is 0 Å². The van der Waals surface area contributed by atoms with Crippen molar-refractivity contribution in [1.82, 2.24) is 8.97 Å². The van der Waals surface area contributed by atoms with Crippen LogP contribution in [-0.4, -0.2) is 8.97 Å². The van der Waals surface area contributed by atoms with Crippen LogP contribution in [0.3, 0.4) is 0 Å². The van der Waals surface area contributed by atoms with Crippen molar-refractivity contribution < 1.29 is 0 Å². The highest BCUT2D eigenvalue weighted by molar-refractivity contribution is 6.30. The summed E-state index contributed by atoms with van der Waals surface area (Å²) in [5.41, 5.74) is 9.32. The molecule has 0 atom stereocenters. The predicted molar refractivity (Wildman–Crippen MR) is 109 cm³/mol. The largest absolute Gasteiger partial charge is 0.325 e. The van der Waals surface area contributed by atoms with Crippen molar-refractivity contribution in [3.8, 4) is 22.4 Å². The fourth-order valence-corrected chi connectivity index (χ4v) is 4.27. The number of nitrogens with zero attached hydrogens (tertiary/aromatic N) is 2. The van der Waals surface area contributed by atoms with Crippen molar-refractivity contribution in [2.24, 2.45) is 0 Å². The van der Waals surface area contributed by atoms with Gasteiger partial charge in [-0.15, -0.1) is 0 Å². The first kappa shape index (κ1) is 15.8. The van der Waals surface area contributed by atoms with E-state index in [0.29, 0.717) is 0 Å². The van der Waals surface area contributed by atoms with Gasteiger partial charge in [0.2, 0.25) is 0 Å². The number of hydrogen-bond donors (Lipinski definition) is 0. The van der Waals surface area contributed by atoms with Gasteiger partial charge in [0, 0.05) is 35.1 Å². The predicted octanol–water partition coefficient (Wildman–Crippen LogP) is 6.37. The van der Waals surface area contributed by atoms with E-state index in [4.69, 9.17) is 11.6 Å². The van der Waals surface area contributed by atoms with Crippen LogP contribution in [0, 0.1) is 6.92 Å². The molecule has 0 saturated carbocycles. The lowest BCUT2D eigenvalue weighted by Crippen LogP contribution is -1.98. The normalized spacial score (nSPS) is 13.9. The maximum atomic E-state index is 6.08. The zero-order valence-electron chi connectivity index (χ0n) is 14.9. The molecule has 1 aliphatic rings. The molecule has 0 saturated heterocycles. The maximum absolute atomic E-state index is 6.08. The van der Waals surface area contributed by atoms with Crippen LogP contribution in [0.2, 0.25) is 5.02 Å². The van der Waals surface area contributed by atoms with Crippen molar-refractivity contribution in [2.45, 2.75) is 32.7 Å². The number of aryl methyl sites for hydroxylation is 3. The van der Waals surface area contributed by atoms with Crippen molar-refractivity contribution in [3.63, 3.8) is 0 Å². The van der Waals surface area contributed by atoms with Gasteiger partial charge in [-0.1, -0.05) is 53.6 Å². The Hall–Kier alpha value is -2.45. The molecular formula is C23H21ClN2. The molecule has 0 amide bonds. The first-order valence-corrected chi connectivity index (χ1v) is 9.64. The van der Waals surface area contributed by atoms with Crippen molar-refractivity contribution >= 4 is 17.2 Å². The highest BCUT2D eigenvalue weighted by atomic mass is 35.5. The van der Waals surface area contributed by atoms with Crippen LogP contribution < -0.4 is 0 Å². The second-order valence-electron chi connectivity index (χ2n) is 7.25. The van der Waals surface area contributed by atoms with Crippen molar-refractivity contribution in [2.75, 3.05) is 0 Å². The Labute approximate surface area is 158 Å². The zero-order valence-corrected chi connectivity index (χ0v) is 15.6. The molecule has 4 aromatic rings. The van der Waals surface area contributed by atoms with Crippen LogP contribution in [0.1, 0.15) is 24.0 Å². The van der Waals surface area contributed by atoms with E-state index in [0.717, 1.165) is 18.0 Å². The molecule has 0 unspecified atom stereocenters. The molecule has 0 bridgehead atoms. The Morgan fingerprint density at radius 2 is 1.58 bits per heavy atom. The zero-order chi connectivity index (χ0) is 17.7. The fourth-order valence-electron chi connectivity index (χ4n) is 4.15. The molecule has 130 valence electrons. The van der Waals surface area contributed by atoms with Crippen LogP contribution in [0.5, 0.6) is 0 Å². The van der Waals surface area contributed by atoms with E-state index in [1.807, 2.05) is 12.1 Å². The molecule has 1 aliphatic heterocycles. The number of halogens is 1. The van der Waals surface area contributed by atoms with Crippen molar-refractivity contribution in [3.05, 3.63) is 77.1 Å². The molecule has 0 fully saturated rings. The summed E-state index contributed by atoms with van der Waals surface area (Å²) in [6.45, 7) is 3.21. The molecule has 0 radical (unpaired) electrons. The lowest BCUT2D eigenvalue weighted by atomic mass is 10.00. The quantitative estimate of drug-likeness (QED) is 0.392. The molecule has 2 aromatic carbocycles. The van der Waals surface area contributed by atoms with Gasteiger partial charge in [0.15, 0.2) is 0 Å². The number of hydrogen-bond acceptors (Lipinski definition) is 0. The average molecular weight is 361 g/mol. The van der Waals surface area contributed by atoms with E-state index in [9.17, 15) is 0 Å². The molecular weight excluding hydrogens is 340 g/mol. The summed E-state index contributed by atoms with van der Waals surface area (Å²) in [5, 5.41) is 0.783. The van der Waals surface area contributed by atoms with E-state index in [1.54, 1.807) is 0 Å². The van der Waals surface area contributed by atoms with Gasteiger partial charge in [-0.3, -0.25) is 0 Å². The summed E-state index contributed by atoms with van der Waals surface area (Å²) in [5.74, 6) is 0. The first-order chi connectivity index (χ1) is 12.7. The highest BCUT2D eigenvalue weighted by Crippen LogP contribution is 2.36. The SMILES string of the molecule is Cc1ccc(-c2cn3cc(-c4ccc(Cl)cc4)n4c3c2CCCC4)cc1. The molecule has 0 N–H and O–H groups in total. The molecule has 2 aromatic heterocycles. The summed E-state index contributed by atoms with van der Waals surface area (Å²) in [6, 6.07) is 17.1. The van der Waals surface area contributed by atoms with Gasteiger partial charge in [0.05, 0.1) is 5.69 Å². The monoisotopic (exact) mass is 360 g/mol. The molecule has 0 aliphatic carbocycles. The molecule has 2 nitrogen and oxygen atoms in total. The number of benzene rings is 2. The van der Waals surface area contributed by atoms with Gasteiger partial charge in [0.25, 0.3) is 0 Å². The third-order valence-corrected chi connectivity index (χ3v) is 5.73. The Kier molecular flexibility index (Phi) is 3.68. The molecule has 3 heteroatoms. The Morgan fingerprint density at radius 1 is 0.846 bits per heavy atom. The minimum atomic E-state index is 0.783. The molecule has 0 spiro atoms. The van der Waals surface area contributed by atoms with Gasteiger partial charge in [0.1, 0.15) is 5.65 Å².